The lowest BCUT2D eigenvalue weighted by Crippen LogP contribution is -2.46. The van der Waals surface area contributed by atoms with E-state index >= 15 is 0 Å². The zero-order chi connectivity index (χ0) is 29.3. The van der Waals surface area contributed by atoms with Gasteiger partial charge < -0.3 is 24.3 Å². The molecule has 0 bridgehead atoms. The molecule has 0 saturated carbocycles. The number of rotatable bonds is 7. The number of halogens is 1. The van der Waals surface area contributed by atoms with Gasteiger partial charge in [0.2, 0.25) is 11.8 Å². The molecule has 3 aliphatic rings. The normalized spacial score (nSPS) is 24.3. The van der Waals surface area contributed by atoms with Crippen molar-refractivity contribution in [3.63, 3.8) is 0 Å². The fraction of sp³-hybridized carbons (Fsp3) is 0.367. The molecule has 2 aromatic carbocycles. The molecule has 2 aromatic rings. The van der Waals surface area contributed by atoms with E-state index in [-0.39, 0.29) is 25.1 Å². The molecule has 3 amide bonds. The van der Waals surface area contributed by atoms with Crippen LogP contribution in [0.4, 0.5) is 4.79 Å². The minimum absolute atomic E-state index is 0.0823. The number of hydrogen-bond donors (Lipinski definition) is 2. The molecule has 214 valence electrons. The van der Waals surface area contributed by atoms with Gasteiger partial charge in [0.25, 0.3) is 0 Å². The molecule has 0 spiro atoms. The van der Waals surface area contributed by atoms with Crippen LogP contribution in [0, 0.1) is 17.8 Å². The Kier molecular flexibility index (Phi) is 8.54. The van der Waals surface area contributed by atoms with E-state index in [4.69, 9.17) is 25.7 Å². The van der Waals surface area contributed by atoms with Crippen LogP contribution in [0.2, 0.25) is 11.3 Å². The maximum atomic E-state index is 13.4. The summed E-state index contributed by atoms with van der Waals surface area (Å²) >= 11 is 6.28. The number of ether oxygens (including phenoxy) is 2. The molecular formula is C30H31BClNO8. The SMILES string of the molecule is COC(=O)N1C(=O)[C@@H]2[C@@H](CC(COc3ccccc3)=C3[C@@H](CC/C(C)=C/c4ccc(O)cc4Cl)OB(O)C[C@@H]32)C1=O. The number of methoxy groups -OCH3 is 1. The largest absolute Gasteiger partial charge is 0.508 e. The van der Waals surface area contributed by atoms with Crippen molar-refractivity contribution in [1.29, 1.82) is 0 Å². The number of imide groups is 3. The van der Waals surface area contributed by atoms with Gasteiger partial charge in [0, 0.05) is 0 Å². The predicted octanol–water partition coefficient (Wildman–Crippen LogP) is 4.87. The van der Waals surface area contributed by atoms with Crippen molar-refractivity contribution < 1.29 is 38.6 Å². The summed E-state index contributed by atoms with van der Waals surface area (Å²) in [6.45, 7) is 2.13. The van der Waals surface area contributed by atoms with E-state index in [2.05, 4.69) is 0 Å². The average Bonchev–Trinajstić information content (AvgIpc) is 3.21. The van der Waals surface area contributed by atoms with Gasteiger partial charge >= 0.3 is 13.2 Å². The number of carbonyl (C=O) groups is 3. The maximum absolute atomic E-state index is 13.4. The summed E-state index contributed by atoms with van der Waals surface area (Å²) in [7, 11) is -0.0157. The van der Waals surface area contributed by atoms with Gasteiger partial charge in [-0.15, -0.1) is 0 Å². The number of allylic oxidation sites excluding steroid dienone is 1. The molecule has 11 heteroatoms. The lowest BCUT2D eigenvalue weighted by atomic mass is 9.58. The number of benzene rings is 2. The molecule has 1 aliphatic carbocycles. The number of likely N-dealkylation sites (tertiary alicyclic amines) is 1. The van der Waals surface area contributed by atoms with E-state index in [0.29, 0.717) is 28.5 Å². The van der Waals surface area contributed by atoms with E-state index in [9.17, 15) is 24.5 Å². The van der Waals surface area contributed by atoms with Gasteiger partial charge in [-0.05, 0) is 85.5 Å². The van der Waals surface area contributed by atoms with Gasteiger partial charge in [0.15, 0.2) is 0 Å². The maximum Gasteiger partial charge on any atom is 0.455 e. The molecular weight excluding hydrogens is 549 g/mol. The van der Waals surface area contributed by atoms with Gasteiger partial charge in [-0.25, -0.2) is 4.79 Å². The second-order valence-corrected chi connectivity index (χ2v) is 11.0. The van der Waals surface area contributed by atoms with Crippen LogP contribution in [-0.2, 0) is 19.0 Å². The summed E-state index contributed by atoms with van der Waals surface area (Å²) < 4.78 is 16.8. The molecule has 9 nitrogen and oxygen atoms in total. The first-order valence-corrected chi connectivity index (χ1v) is 13.9. The molecule has 41 heavy (non-hydrogen) atoms. The van der Waals surface area contributed by atoms with E-state index in [1.165, 1.54) is 6.07 Å². The Morgan fingerprint density at radius 2 is 1.93 bits per heavy atom. The van der Waals surface area contributed by atoms with Crippen LogP contribution in [-0.4, -0.2) is 59.9 Å². The number of aromatic hydroxyl groups is 1. The van der Waals surface area contributed by atoms with Crippen LogP contribution >= 0.6 is 11.6 Å². The highest BCUT2D eigenvalue weighted by molar-refractivity contribution is 6.43. The number of hydrogen-bond acceptors (Lipinski definition) is 8. The smallest absolute Gasteiger partial charge is 0.455 e. The quantitative estimate of drug-likeness (QED) is 0.271. The monoisotopic (exact) mass is 579 g/mol. The zero-order valence-corrected chi connectivity index (χ0v) is 23.5. The number of carbonyl (C=O) groups excluding carboxylic acids is 3. The van der Waals surface area contributed by atoms with Gasteiger partial charge in [-0.2, -0.15) is 4.90 Å². The summed E-state index contributed by atoms with van der Waals surface area (Å²) in [4.78, 5) is 39.6. The number of amides is 3. The van der Waals surface area contributed by atoms with E-state index in [0.717, 1.165) is 29.4 Å². The zero-order valence-electron chi connectivity index (χ0n) is 22.8. The Labute approximate surface area is 243 Å². The Morgan fingerprint density at radius 1 is 1.17 bits per heavy atom. The van der Waals surface area contributed by atoms with Gasteiger partial charge in [0.05, 0.1) is 30.1 Å². The van der Waals surface area contributed by atoms with Crippen molar-refractivity contribution in [2.75, 3.05) is 13.7 Å². The van der Waals surface area contributed by atoms with Crippen molar-refractivity contribution in [2.45, 2.75) is 38.6 Å². The molecule has 5 rings (SSSR count). The standard InChI is InChI=1S/C30H31BClNO8/c1-17(12-18-9-10-20(34)14-24(18)32)8-11-25-26-19(16-40-21-6-4-3-5-7-21)13-22-27(23(26)15-31(38)41-25)29(36)33(28(22)35)30(37)39-2/h3-7,9-10,12,14,22-23,25,27,34,38H,8,11,13,15-16H2,1-2H3/b17-12+/t22-,23+,25-,27-/m1/s1. The molecule has 0 unspecified atom stereocenters. The minimum atomic E-state index is -1.14. The fourth-order valence-electron chi connectivity index (χ4n) is 6.18. The molecule has 2 fully saturated rings. The summed E-state index contributed by atoms with van der Waals surface area (Å²) in [5, 5.41) is 20.8. The molecule has 0 radical (unpaired) electrons. The van der Waals surface area contributed by atoms with E-state index in [1.807, 2.05) is 43.3 Å². The summed E-state index contributed by atoms with van der Waals surface area (Å²) in [5.41, 5.74) is 3.43. The Hall–Kier alpha value is -3.60. The van der Waals surface area contributed by atoms with E-state index < -0.39 is 48.9 Å². The van der Waals surface area contributed by atoms with Crippen molar-refractivity contribution in [3.05, 3.63) is 75.8 Å². The lowest BCUT2D eigenvalue weighted by molar-refractivity contribution is -0.137. The van der Waals surface area contributed by atoms with Crippen LogP contribution in [0.15, 0.2) is 65.3 Å². The second kappa shape index (κ2) is 12.1. The van der Waals surface area contributed by atoms with Crippen molar-refractivity contribution in [2.24, 2.45) is 17.8 Å². The molecule has 0 aromatic heterocycles. The lowest BCUT2D eigenvalue weighted by Gasteiger charge is -2.43. The third kappa shape index (κ3) is 5.91. The average molecular weight is 580 g/mol. The Bertz CT molecular complexity index is 1410. The Balaban J connectivity index is 1.45. The van der Waals surface area contributed by atoms with Crippen molar-refractivity contribution in [3.8, 4) is 11.5 Å². The highest BCUT2D eigenvalue weighted by Gasteiger charge is 2.59. The van der Waals surface area contributed by atoms with Crippen molar-refractivity contribution >= 4 is 42.7 Å². The first kappa shape index (κ1) is 28.9. The predicted molar refractivity (Wildman–Crippen MR) is 152 cm³/mol. The Morgan fingerprint density at radius 3 is 2.63 bits per heavy atom. The first-order valence-electron chi connectivity index (χ1n) is 13.5. The first-order chi connectivity index (χ1) is 19.7. The highest BCUT2D eigenvalue weighted by Crippen LogP contribution is 2.50. The molecule has 4 atom stereocenters. The third-order valence-electron chi connectivity index (χ3n) is 8.01. The molecule has 2 heterocycles. The topological polar surface area (TPSA) is 123 Å². The van der Waals surface area contributed by atoms with E-state index in [1.54, 1.807) is 12.1 Å². The highest BCUT2D eigenvalue weighted by atomic mass is 35.5. The molecule has 2 aliphatic heterocycles. The number of phenolic OH excluding ortho intramolecular Hbond substituents is 1. The number of para-hydroxylation sites is 1. The van der Waals surface area contributed by atoms with Crippen LogP contribution in [0.5, 0.6) is 11.5 Å². The van der Waals surface area contributed by atoms with Gasteiger partial charge in [0.1, 0.15) is 18.1 Å². The number of nitrogens with zero attached hydrogens (tertiary/aromatic N) is 1. The fourth-order valence-corrected chi connectivity index (χ4v) is 6.41. The molecule has 2 N–H and O–H groups in total. The summed E-state index contributed by atoms with van der Waals surface area (Å²) in [6.07, 6.45) is 1.83. The van der Waals surface area contributed by atoms with Crippen molar-refractivity contribution in [1.82, 2.24) is 4.90 Å². The number of fused-ring (bicyclic) bond motifs is 3. The summed E-state index contributed by atoms with van der Waals surface area (Å²) in [6, 6.07) is 14.0. The minimum Gasteiger partial charge on any atom is -0.508 e. The summed E-state index contributed by atoms with van der Waals surface area (Å²) in [5.74, 6) is -2.52. The second-order valence-electron chi connectivity index (χ2n) is 10.6. The van der Waals surface area contributed by atoms with Gasteiger partial charge in [-0.1, -0.05) is 41.4 Å². The van der Waals surface area contributed by atoms with Crippen LogP contribution < -0.4 is 4.74 Å². The van der Waals surface area contributed by atoms with Crippen LogP contribution in [0.25, 0.3) is 6.08 Å². The molecule has 2 saturated heterocycles. The van der Waals surface area contributed by atoms with Gasteiger partial charge in [-0.3, -0.25) is 9.59 Å². The van der Waals surface area contributed by atoms with Crippen LogP contribution in [0.1, 0.15) is 31.7 Å². The van der Waals surface area contributed by atoms with Crippen LogP contribution in [0.3, 0.4) is 0 Å². The third-order valence-corrected chi connectivity index (χ3v) is 8.34. The number of phenols is 1.